The van der Waals surface area contributed by atoms with Crippen molar-refractivity contribution in [1.29, 1.82) is 0 Å². The summed E-state index contributed by atoms with van der Waals surface area (Å²) in [5, 5.41) is 0. The normalized spacial score (nSPS) is 29.7. The molecule has 2 heterocycles. The van der Waals surface area contributed by atoms with E-state index < -0.39 is 10.8 Å². The predicted octanol–water partition coefficient (Wildman–Crippen LogP) is 9.65. The van der Waals surface area contributed by atoms with E-state index in [-0.39, 0.29) is 29.8 Å². The smallest absolute Gasteiger partial charge is 0.163 e. The zero-order valence-corrected chi connectivity index (χ0v) is 26.3. The van der Waals surface area contributed by atoms with Gasteiger partial charge in [-0.15, -0.1) is 0 Å². The van der Waals surface area contributed by atoms with Gasteiger partial charge in [-0.1, -0.05) is 121 Å². The van der Waals surface area contributed by atoms with E-state index in [4.69, 9.17) is 4.74 Å². The molecule has 4 heteroatoms. The van der Waals surface area contributed by atoms with Crippen molar-refractivity contribution < 1.29 is 9.53 Å². The van der Waals surface area contributed by atoms with E-state index in [0.29, 0.717) is 0 Å². The molecule has 0 spiro atoms. The zero-order valence-electron chi connectivity index (χ0n) is 23.1. The quantitative estimate of drug-likeness (QED) is 0.188. The maximum absolute atomic E-state index is 16.1. The summed E-state index contributed by atoms with van der Waals surface area (Å²) >= 11 is 7.52. The van der Waals surface area contributed by atoms with Crippen LogP contribution >= 0.6 is 31.9 Å². The van der Waals surface area contributed by atoms with Crippen LogP contribution in [0.2, 0.25) is 0 Å². The Morgan fingerprint density at radius 2 is 0.860 bits per heavy atom. The first-order chi connectivity index (χ1) is 21.1. The molecular weight excluding hydrogens is 660 g/mol. The Morgan fingerprint density at radius 3 is 1.23 bits per heavy atom. The molecule has 0 amide bonds. The van der Waals surface area contributed by atoms with Gasteiger partial charge in [0, 0.05) is 20.8 Å². The van der Waals surface area contributed by atoms with Crippen LogP contribution in [0.4, 0.5) is 0 Å². The first kappa shape index (κ1) is 25.9. The number of carbonyl (C=O) groups is 1. The van der Waals surface area contributed by atoms with Crippen LogP contribution < -0.4 is 0 Å². The first-order valence-electron chi connectivity index (χ1n) is 14.8. The molecule has 1 saturated carbocycles. The molecule has 0 radical (unpaired) electrons. The fourth-order valence-electron chi connectivity index (χ4n) is 9.16. The lowest BCUT2D eigenvalue weighted by Gasteiger charge is -2.45. The lowest BCUT2D eigenvalue weighted by Crippen LogP contribution is -2.42. The van der Waals surface area contributed by atoms with Crippen LogP contribution in [0, 0.1) is 11.8 Å². The van der Waals surface area contributed by atoms with E-state index in [1.165, 1.54) is 11.1 Å². The molecule has 4 bridgehead atoms. The van der Waals surface area contributed by atoms with Crippen molar-refractivity contribution in [3.63, 3.8) is 0 Å². The third-order valence-electron chi connectivity index (χ3n) is 10.4. The molecule has 5 aromatic rings. The number of benzene rings is 5. The Labute approximate surface area is 267 Å². The molecule has 2 nitrogen and oxygen atoms in total. The number of allylic oxidation sites excluding steroid dienone is 2. The highest BCUT2D eigenvalue weighted by Crippen LogP contribution is 2.81. The van der Waals surface area contributed by atoms with Crippen molar-refractivity contribution in [3.05, 3.63) is 176 Å². The van der Waals surface area contributed by atoms with Crippen LogP contribution in [-0.2, 0) is 20.4 Å². The fourth-order valence-corrected chi connectivity index (χ4v) is 9.88. The van der Waals surface area contributed by atoms with Crippen molar-refractivity contribution in [2.45, 2.75) is 23.0 Å². The van der Waals surface area contributed by atoms with Gasteiger partial charge in [0.05, 0.1) is 23.0 Å². The molecule has 0 N–H and O–H groups in total. The molecule has 0 aromatic heterocycles. The highest BCUT2D eigenvalue weighted by molar-refractivity contribution is 9.13. The minimum atomic E-state index is -0.898. The number of ether oxygens (including phenoxy) is 1. The molecule has 6 unspecified atom stereocenters. The Kier molecular flexibility index (Phi) is 5.55. The number of rotatable bonds is 4. The minimum Gasteiger partial charge on any atom is -0.365 e. The molecule has 9 rings (SSSR count). The lowest BCUT2D eigenvalue weighted by atomic mass is 9.54. The lowest BCUT2D eigenvalue weighted by molar-refractivity contribution is -0.125. The second kappa shape index (κ2) is 9.22. The van der Waals surface area contributed by atoms with Gasteiger partial charge in [0.25, 0.3) is 0 Å². The topological polar surface area (TPSA) is 26.3 Å². The average Bonchev–Trinajstić information content (AvgIpc) is 3.75. The van der Waals surface area contributed by atoms with E-state index in [1.807, 2.05) is 12.1 Å². The summed E-state index contributed by atoms with van der Waals surface area (Å²) in [4.78, 5) is 16.1. The van der Waals surface area contributed by atoms with Crippen LogP contribution in [-0.4, -0.2) is 5.78 Å². The van der Waals surface area contributed by atoms with Gasteiger partial charge in [0.1, 0.15) is 0 Å². The maximum atomic E-state index is 16.1. The molecule has 1 saturated heterocycles. The fraction of sp³-hybridized carbons (Fsp3) is 0.154. The Bertz CT molecular complexity index is 1810. The number of fused-ring (bicyclic) bond motifs is 12. The molecule has 43 heavy (non-hydrogen) atoms. The van der Waals surface area contributed by atoms with Gasteiger partial charge in [-0.2, -0.15) is 0 Å². The standard InChI is InChI=1S/C39H26Br2O2/c40-29-21-27-28(22-30(29)41)36-34-33(35(27)43-36)38(25-17-9-3-10-18-25)31(23-13-5-1-6-14-23)32(24-15-7-2-8-16-24)39(34,37(38)42)26-19-11-4-12-20-26/h1-22,33-36H. The number of halogens is 2. The summed E-state index contributed by atoms with van der Waals surface area (Å²) in [5.74, 6) is 0.126. The second-order valence-corrected chi connectivity index (χ2v) is 13.8. The first-order valence-corrected chi connectivity index (χ1v) is 16.3. The zero-order chi connectivity index (χ0) is 28.9. The Morgan fingerprint density at radius 1 is 0.512 bits per heavy atom. The summed E-state index contributed by atoms with van der Waals surface area (Å²) in [6.45, 7) is 0. The Hall–Kier alpha value is -3.57. The SMILES string of the molecule is O=C1C2(c3ccccc3)C(c3ccccc3)=C(c3ccccc3)C1(c1ccccc1)C1C3OC(c4cc(Br)c(Br)cc43)C12. The molecule has 6 atom stereocenters. The van der Waals surface area contributed by atoms with Crippen molar-refractivity contribution >= 4 is 48.8 Å². The van der Waals surface area contributed by atoms with Crippen molar-refractivity contribution in [3.8, 4) is 0 Å². The monoisotopic (exact) mass is 684 g/mol. The van der Waals surface area contributed by atoms with E-state index >= 15 is 4.79 Å². The largest absolute Gasteiger partial charge is 0.365 e. The molecule has 4 aliphatic rings. The summed E-state index contributed by atoms with van der Waals surface area (Å²) in [5.41, 5.74) is 7.10. The van der Waals surface area contributed by atoms with E-state index in [2.05, 4.69) is 153 Å². The number of ketones is 1. The van der Waals surface area contributed by atoms with Gasteiger partial charge < -0.3 is 4.74 Å². The number of hydrogen-bond donors (Lipinski definition) is 0. The van der Waals surface area contributed by atoms with E-state index in [0.717, 1.165) is 42.3 Å². The molecular formula is C39H26Br2O2. The molecule has 2 fully saturated rings. The molecule has 2 aliphatic heterocycles. The molecule has 2 aliphatic carbocycles. The summed E-state index contributed by atoms with van der Waals surface area (Å²) in [6, 6.07) is 46.7. The van der Waals surface area contributed by atoms with E-state index in [1.54, 1.807) is 0 Å². The van der Waals surface area contributed by atoms with Gasteiger partial charge in [-0.05, 0) is 88.5 Å². The number of carbonyl (C=O) groups excluding carboxylic acids is 1. The van der Waals surface area contributed by atoms with Crippen molar-refractivity contribution in [2.24, 2.45) is 11.8 Å². The highest BCUT2D eigenvalue weighted by atomic mass is 79.9. The minimum absolute atomic E-state index is 0.0733. The second-order valence-electron chi connectivity index (χ2n) is 12.1. The third kappa shape index (κ3) is 3.09. The highest BCUT2D eigenvalue weighted by Gasteiger charge is 2.82. The number of hydrogen-bond acceptors (Lipinski definition) is 2. The van der Waals surface area contributed by atoms with Gasteiger partial charge in [0.2, 0.25) is 0 Å². The van der Waals surface area contributed by atoms with Gasteiger partial charge in [-0.25, -0.2) is 0 Å². The summed E-state index contributed by atoms with van der Waals surface area (Å²) in [7, 11) is 0. The average molecular weight is 686 g/mol. The van der Waals surface area contributed by atoms with Gasteiger partial charge in [-0.3, -0.25) is 4.79 Å². The van der Waals surface area contributed by atoms with Crippen LogP contribution in [0.3, 0.4) is 0 Å². The maximum Gasteiger partial charge on any atom is 0.163 e. The summed E-state index contributed by atoms with van der Waals surface area (Å²) < 4.78 is 9.10. The van der Waals surface area contributed by atoms with Crippen LogP contribution in [0.5, 0.6) is 0 Å². The van der Waals surface area contributed by atoms with Gasteiger partial charge in [0.15, 0.2) is 5.78 Å². The molecule has 5 aromatic carbocycles. The van der Waals surface area contributed by atoms with E-state index in [9.17, 15) is 0 Å². The van der Waals surface area contributed by atoms with Crippen molar-refractivity contribution in [2.75, 3.05) is 0 Å². The van der Waals surface area contributed by atoms with Gasteiger partial charge >= 0.3 is 0 Å². The van der Waals surface area contributed by atoms with Crippen LogP contribution in [0.15, 0.2) is 142 Å². The van der Waals surface area contributed by atoms with Crippen LogP contribution in [0.1, 0.15) is 45.6 Å². The van der Waals surface area contributed by atoms with Crippen LogP contribution in [0.25, 0.3) is 11.1 Å². The third-order valence-corrected chi connectivity index (χ3v) is 12.3. The predicted molar refractivity (Wildman–Crippen MR) is 176 cm³/mol. The Balaban J connectivity index is 1.49. The summed E-state index contributed by atoms with van der Waals surface area (Å²) in [6.07, 6.45) is -0.416. The van der Waals surface area contributed by atoms with Crippen molar-refractivity contribution in [1.82, 2.24) is 0 Å². The molecule has 208 valence electrons. The number of Topliss-reactive ketones (excluding diaryl/α,β-unsaturated/α-hetero) is 1.